The van der Waals surface area contributed by atoms with E-state index in [0.29, 0.717) is 29.2 Å². The molecule has 20 nitrogen and oxygen atoms in total. The maximum atomic E-state index is 13.7. The van der Waals surface area contributed by atoms with Crippen LogP contribution in [0.5, 0.6) is 17.2 Å². The molecule has 6 aromatic rings. The number of methoxy groups -OCH3 is 1. The summed E-state index contributed by atoms with van der Waals surface area (Å²) in [4.78, 5) is 82.5. The van der Waals surface area contributed by atoms with Crippen molar-refractivity contribution in [3.63, 3.8) is 0 Å². The largest absolute Gasteiger partial charge is 0.508 e. The van der Waals surface area contributed by atoms with Gasteiger partial charge in [-0.15, -0.1) is 0 Å². The number of aromatic hydroxyl groups is 1. The average Bonchev–Trinajstić information content (AvgIpc) is 3.88. The highest BCUT2D eigenvalue weighted by Gasteiger charge is 2.39. The van der Waals surface area contributed by atoms with Crippen molar-refractivity contribution in [2.75, 3.05) is 34.9 Å². The Hall–Kier alpha value is -7.92. The van der Waals surface area contributed by atoms with Crippen molar-refractivity contribution in [1.82, 2.24) is 14.9 Å². The van der Waals surface area contributed by atoms with E-state index in [2.05, 4.69) is 35.2 Å². The fourth-order valence-electron chi connectivity index (χ4n) is 6.91. The Balaban J connectivity index is 0.000000284. The molecule has 0 fully saturated rings. The SMILES string of the molecule is CCC(=O)NCc1ccc(OC)c(NC(=O)C(C(=O)C(C)(C)C)n2ccnc2C(=O)Nc2ccccc2)c1.COS(=O)Nc1ccc(Cl)c(NC(=O)C(Oc2ccc(S(=O)(=O)c3ccc(O)cc3)cc2)C(=O)C(C)(C)C)c1. The van der Waals surface area contributed by atoms with Crippen LogP contribution in [0.25, 0.3) is 0 Å². The number of para-hydroxylation sites is 1. The van der Waals surface area contributed by atoms with Crippen LogP contribution in [0.2, 0.25) is 5.02 Å². The van der Waals surface area contributed by atoms with Crippen molar-refractivity contribution in [1.29, 1.82) is 0 Å². The number of imidazole rings is 1. The lowest BCUT2D eigenvalue weighted by atomic mass is 9.86. The van der Waals surface area contributed by atoms with Gasteiger partial charge in [-0.05, 0) is 96.6 Å². The van der Waals surface area contributed by atoms with Gasteiger partial charge in [0.05, 0.1) is 46.1 Å². The highest BCUT2D eigenvalue weighted by atomic mass is 35.5. The van der Waals surface area contributed by atoms with E-state index in [1.165, 1.54) is 97.9 Å². The number of sulfone groups is 1. The Labute approximate surface area is 454 Å². The van der Waals surface area contributed by atoms with Gasteiger partial charge in [-0.3, -0.25) is 37.7 Å². The van der Waals surface area contributed by atoms with Gasteiger partial charge in [0.2, 0.25) is 21.8 Å². The Morgan fingerprint density at radius 3 is 1.94 bits per heavy atom. The van der Waals surface area contributed by atoms with Gasteiger partial charge in [-0.25, -0.2) is 17.6 Å². The number of anilines is 4. The first kappa shape index (κ1) is 60.0. The van der Waals surface area contributed by atoms with Gasteiger partial charge in [0.1, 0.15) is 17.2 Å². The van der Waals surface area contributed by atoms with Crippen molar-refractivity contribution >= 4 is 90.6 Å². The predicted molar refractivity (Wildman–Crippen MR) is 292 cm³/mol. The quantitative estimate of drug-likeness (QED) is 0.0391. The van der Waals surface area contributed by atoms with Crippen molar-refractivity contribution in [2.24, 2.45) is 10.8 Å². The molecular formula is C54H60ClN7O13S2. The van der Waals surface area contributed by atoms with Crippen LogP contribution in [0.4, 0.5) is 22.7 Å². The van der Waals surface area contributed by atoms with Crippen molar-refractivity contribution < 1.29 is 60.2 Å². The normalized spacial score (nSPS) is 12.5. The number of phenols is 1. The molecule has 0 bridgehead atoms. The zero-order valence-corrected chi connectivity index (χ0v) is 46.0. The summed E-state index contributed by atoms with van der Waals surface area (Å²) in [5, 5.41) is 20.5. The van der Waals surface area contributed by atoms with Gasteiger partial charge in [-0.2, -0.15) is 0 Å². The van der Waals surface area contributed by atoms with Crippen molar-refractivity contribution in [3.8, 4) is 17.2 Å². The minimum atomic E-state index is -3.88. The lowest BCUT2D eigenvalue weighted by Gasteiger charge is -2.26. The molecular weight excluding hydrogens is 1050 g/mol. The number of ether oxygens (including phenoxy) is 2. The van der Waals surface area contributed by atoms with Gasteiger partial charge in [-0.1, -0.05) is 84.3 Å². The van der Waals surface area contributed by atoms with Gasteiger partial charge < -0.3 is 40.4 Å². The predicted octanol–water partition coefficient (Wildman–Crippen LogP) is 8.48. The molecule has 408 valence electrons. The number of nitrogens with one attached hydrogen (secondary N) is 5. The first-order valence-corrected chi connectivity index (χ1v) is 26.6. The molecule has 5 aromatic carbocycles. The molecule has 0 aliphatic heterocycles. The van der Waals surface area contributed by atoms with Crippen LogP contribution in [-0.2, 0) is 55.8 Å². The average molecular weight is 1110 g/mol. The molecule has 0 radical (unpaired) electrons. The maximum Gasteiger partial charge on any atom is 0.291 e. The van der Waals surface area contributed by atoms with E-state index in [0.717, 1.165) is 5.56 Å². The topological polar surface area (TPSA) is 280 Å². The summed E-state index contributed by atoms with van der Waals surface area (Å²) >= 11 is 4.40. The molecule has 0 spiro atoms. The second-order valence-electron chi connectivity index (χ2n) is 18.9. The molecule has 0 saturated carbocycles. The molecule has 0 aliphatic rings. The Morgan fingerprint density at radius 1 is 0.740 bits per heavy atom. The van der Waals surface area contributed by atoms with Crippen LogP contribution in [-0.4, -0.2) is 82.8 Å². The van der Waals surface area contributed by atoms with E-state index in [-0.39, 0.29) is 50.3 Å². The molecule has 1 aromatic heterocycles. The summed E-state index contributed by atoms with van der Waals surface area (Å²) in [6.07, 6.45) is 1.54. The van der Waals surface area contributed by atoms with E-state index >= 15 is 0 Å². The molecule has 77 heavy (non-hydrogen) atoms. The minimum Gasteiger partial charge on any atom is -0.508 e. The zero-order chi connectivity index (χ0) is 56.8. The lowest BCUT2D eigenvalue weighted by molar-refractivity contribution is -0.140. The number of hydrogen-bond donors (Lipinski definition) is 6. The molecule has 3 unspecified atom stereocenters. The fraction of sp³-hybridized carbons (Fsp3) is 0.278. The number of nitrogens with zero attached hydrogens (tertiary/aromatic N) is 2. The maximum absolute atomic E-state index is 13.7. The first-order chi connectivity index (χ1) is 36.3. The number of ketones is 2. The molecule has 6 rings (SSSR count). The molecule has 1 heterocycles. The first-order valence-electron chi connectivity index (χ1n) is 23.6. The summed E-state index contributed by atoms with van der Waals surface area (Å²) in [5.74, 6) is -2.80. The molecule has 0 saturated heterocycles. The fourth-order valence-corrected chi connectivity index (χ4v) is 8.74. The number of carbonyl (C=O) groups excluding carboxylic acids is 6. The number of amides is 4. The van der Waals surface area contributed by atoms with Gasteiger partial charge in [0, 0.05) is 41.9 Å². The summed E-state index contributed by atoms with van der Waals surface area (Å²) in [6.45, 7) is 12.0. The van der Waals surface area contributed by atoms with Crippen LogP contribution in [0.1, 0.15) is 77.1 Å². The summed E-state index contributed by atoms with van der Waals surface area (Å²) in [7, 11) is -1.17. The van der Waals surface area contributed by atoms with E-state index in [1.807, 2.05) is 6.07 Å². The van der Waals surface area contributed by atoms with E-state index in [4.69, 9.17) is 21.1 Å². The number of rotatable bonds is 20. The van der Waals surface area contributed by atoms with Crippen LogP contribution in [0.15, 0.2) is 137 Å². The number of halogens is 1. The van der Waals surface area contributed by atoms with Crippen LogP contribution in [0.3, 0.4) is 0 Å². The number of aromatic nitrogens is 2. The molecule has 0 aliphatic carbocycles. The monoisotopic (exact) mass is 1110 g/mol. The molecule has 23 heteroatoms. The molecule has 6 N–H and O–H groups in total. The summed E-state index contributed by atoms with van der Waals surface area (Å²) in [6, 6.07) is 27.3. The van der Waals surface area contributed by atoms with Gasteiger partial charge in [0.25, 0.3) is 29.0 Å². The summed E-state index contributed by atoms with van der Waals surface area (Å²) < 4.78 is 57.1. The standard InChI is InChI=1S/C28H33N5O5.C26H27ClN2O8S2/c1-6-22(34)30-17-18-12-13-21(38-5)20(16-18)32-26(36)23(24(35)28(2,3)4)33-15-14-29-25(33)27(37)31-19-10-8-7-9-11-19;1-26(2,3)24(31)23(25(32)28-22-15-16(5-14-21(22)27)29-38(33)36-4)37-18-8-12-20(13-9-18)39(34,35)19-10-6-17(30)7-11-19/h7-16,23H,6,17H2,1-5H3,(H,30,34)(H,31,37)(H,32,36);5-15,23,29-30H,1-4H3,(H,28,32). The lowest BCUT2D eigenvalue weighted by Crippen LogP contribution is -2.45. The van der Waals surface area contributed by atoms with Gasteiger partial charge >= 0.3 is 0 Å². The second kappa shape index (κ2) is 26.2. The van der Waals surface area contributed by atoms with Crippen LogP contribution >= 0.6 is 11.6 Å². The Bertz CT molecular complexity index is 3230. The van der Waals surface area contributed by atoms with Crippen LogP contribution < -0.4 is 35.5 Å². The third-order valence-electron chi connectivity index (χ3n) is 11.1. The Kier molecular flexibility index (Phi) is 20.4. The highest BCUT2D eigenvalue weighted by molar-refractivity contribution is 7.91. The number of hydrogen-bond acceptors (Lipinski definition) is 14. The number of benzene rings is 5. The molecule has 4 amide bonds. The van der Waals surface area contributed by atoms with E-state index in [9.17, 15) is 46.5 Å². The minimum absolute atomic E-state index is 0.0166. The third-order valence-corrected chi connectivity index (χ3v) is 13.9. The van der Waals surface area contributed by atoms with Crippen molar-refractivity contribution in [2.45, 2.75) is 83.4 Å². The Morgan fingerprint density at radius 2 is 1.35 bits per heavy atom. The van der Waals surface area contributed by atoms with E-state index in [1.54, 1.807) is 90.9 Å². The smallest absolute Gasteiger partial charge is 0.291 e. The second-order valence-corrected chi connectivity index (χ2v) is 22.3. The van der Waals surface area contributed by atoms with E-state index < -0.39 is 73.4 Å². The highest BCUT2D eigenvalue weighted by Crippen LogP contribution is 2.32. The summed E-state index contributed by atoms with van der Waals surface area (Å²) in [5.41, 5.74) is 0.190. The van der Waals surface area contributed by atoms with Gasteiger partial charge in [0.15, 0.2) is 23.4 Å². The van der Waals surface area contributed by atoms with Crippen LogP contribution in [0, 0.1) is 10.8 Å². The number of carbonyl (C=O) groups is 6. The zero-order valence-electron chi connectivity index (χ0n) is 43.6. The third kappa shape index (κ3) is 16.3. The molecule has 3 atom stereocenters. The van der Waals surface area contributed by atoms with Crippen molar-refractivity contribution in [3.05, 3.63) is 144 Å². The number of Topliss-reactive ketones (excluding diaryl/α,β-unsaturated/α-hetero) is 2. The number of phenolic OH excluding ortho intramolecular Hbond substituents is 1.